The van der Waals surface area contributed by atoms with Crippen LogP contribution in [0.2, 0.25) is 0 Å². The van der Waals surface area contributed by atoms with E-state index in [1.807, 2.05) is 0 Å². The van der Waals surface area contributed by atoms with Crippen LogP contribution in [0, 0.1) is 0 Å². The number of hydrogen-bond acceptors (Lipinski definition) is 5. The van der Waals surface area contributed by atoms with E-state index in [-0.39, 0.29) is 0 Å². The van der Waals surface area contributed by atoms with Crippen molar-refractivity contribution in [3.05, 3.63) is 23.8 Å². The van der Waals surface area contributed by atoms with Crippen molar-refractivity contribution >= 4 is 5.71 Å². The number of nitrogens with zero attached hydrogens (tertiary/aromatic N) is 3. The molecule has 0 aromatic carbocycles. The Morgan fingerprint density at radius 2 is 2.06 bits per heavy atom. The molecule has 2 rings (SSSR count). The van der Waals surface area contributed by atoms with Crippen molar-refractivity contribution in [3.63, 3.8) is 0 Å². The van der Waals surface area contributed by atoms with Gasteiger partial charge < -0.3 is 0 Å². The van der Waals surface area contributed by atoms with E-state index in [0.717, 1.165) is 31.5 Å². The molecular formula is C13H21N5. The van der Waals surface area contributed by atoms with E-state index >= 15 is 0 Å². The van der Waals surface area contributed by atoms with Crippen LogP contribution in [0.25, 0.3) is 0 Å². The molecule has 0 saturated heterocycles. The lowest BCUT2D eigenvalue weighted by molar-refractivity contribution is 0.525. The van der Waals surface area contributed by atoms with Crippen LogP contribution < -0.4 is 11.0 Å². The first-order chi connectivity index (χ1) is 8.97. The van der Waals surface area contributed by atoms with Gasteiger partial charge in [0.15, 0.2) is 0 Å². The zero-order valence-corrected chi connectivity index (χ0v) is 10.7. The van der Waals surface area contributed by atoms with Gasteiger partial charge in [0.1, 0.15) is 0 Å². The molecule has 0 aromatic rings. The van der Waals surface area contributed by atoms with E-state index in [0.29, 0.717) is 0 Å². The maximum atomic E-state index is 4.24. The molecule has 0 fully saturated rings. The molecule has 0 saturated carbocycles. The van der Waals surface area contributed by atoms with Crippen molar-refractivity contribution in [3.8, 4) is 0 Å². The minimum Gasteiger partial charge on any atom is -0.223 e. The quantitative estimate of drug-likeness (QED) is 0.748. The van der Waals surface area contributed by atoms with Gasteiger partial charge in [-0.1, -0.05) is 24.6 Å². The highest BCUT2D eigenvalue weighted by Gasteiger charge is 2.08. The summed E-state index contributed by atoms with van der Waals surface area (Å²) in [4.78, 5) is 0. The first-order valence-electron chi connectivity index (χ1n) is 6.77. The third kappa shape index (κ3) is 4.41. The van der Waals surface area contributed by atoms with Gasteiger partial charge >= 0.3 is 0 Å². The lowest BCUT2D eigenvalue weighted by Gasteiger charge is -2.08. The first-order valence-corrected chi connectivity index (χ1v) is 6.77. The SMILES string of the molecule is C1=CCCCCCC(/C2=N\N=N/NNCCC2)=C1. The zero-order valence-electron chi connectivity index (χ0n) is 10.7. The molecule has 18 heavy (non-hydrogen) atoms. The summed E-state index contributed by atoms with van der Waals surface area (Å²) in [5.74, 6) is 0. The van der Waals surface area contributed by atoms with Gasteiger partial charge in [-0.2, -0.15) is 0 Å². The summed E-state index contributed by atoms with van der Waals surface area (Å²) < 4.78 is 0. The predicted octanol–water partition coefficient (Wildman–Crippen LogP) is 3.04. The molecule has 2 aliphatic rings. The van der Waals surface area contributed by atoms with Gasteiger partial charge in [-0.15, -0.1) is 5.10 Å². The predicted molar refractivity (Wildman–Crippen MR) is 73.0 cm³/mol. The second-order valence-corrected chi connectivity index (χ2v) is 4.60. The molecule has 0 unspecified atom stereocenters. The molecule has 0 spiro atoms. The van der Waals surface area contributed by atoms with Crippen LogP contribution in [0.4, 0.5) is 0 Å². The van der Waals surface area contributed by atoms with Crippen molar-refractivity contribution < 1.29 is 0 Å². The van der Waals surface area contributed by atoms with Gasteiger partial charge in [0, 0.05) is 6.54 Å². The number of nitrogens with one attached hydrogen (secondary N) is 2. The zero-order chi connectivity index (χ0) is 12.5. The van der Waals surface area contributed by atoms with Gasteiger partial charge in [-0.05, 0) is 54.5 Å². The molecule has 0 radical (unpaired) electrons. The smallest absolute Gasteiger partial charge is 0.0681 e. The second kappa shape index (κ2) is 7.76. The third-order valence-corrected chi connectivity index (χ3v) is 3.18. The summed E-state index contributed by atoms with van der Waals surface area (Å²) in [5.41, 5.74) is 8.01. The molecule has 1 aliphatic heterocycles. The summed E-state index contributed by atoms with van der Waals surface area (Å²) in [5, 5.41) is 11.8. The highest BCUT2D eigenvalue weighted by atomic mass is 15.7. The molecule has 5 nitrogen and oxygen atoms in total. The summed E-state index contributed by atoms with van der Waals surface area (Å²) in [6, 6.07) is 0. The molecule has 0 bridgehead atoms. The maximum absolute atomic E-state index is 4.24. The number of hydrogen-bond donors (Lipinski definition) is 2. The summed E-state index contributed by atoms with van der Waals surface area (Å²) in [7, 11) is 0. The van der Waals surface area contributed by atoms with E-state index in [1.165, 1.54) is 31.3 Å². The van der Waals surface area contributed by atoms with E-state index < -0.39 is 0 Å². The normalized spacial score (nSPS) is 26.9. The number of hydrazine groups is 1. The fourth-order valence-electron chi connectivity index (χ4n) is 2.17. The Balaban J connectivity index is 2.09. The van der Waals surface area contributed by atoms with E-state index in [2.05, 4.69) is 44.7 Å². The average Bonchev–Trinajstić information content (AvgIpc) is 2.61. The topological polar surface area (TPSA) is 61.1 Å². The van der Waals surface area contributed by atoms with Crippen LogP contribution in [0.5, 0.6) is 0 Å². The van der Waals surface area contributed by atoms with E-state index in [1.54, 1.807) is 0 Å². The Morgan fingerprint density at radius 1 is 1.06 bits per heavy atom. The summed E-state index contributed by atoms with van der Waals surface area (Å²) in [6.07, 6.45) is 14.7. The molecular weight excluding hydrogens is 226 g/mol. The van der Waals surface area contributed by atoms with E-state index in [4.69, 9.17) is 0 Å². The Hall–Kier alpha value is -1.49. The minimum absolute atomic E-state index is 0.876. The molecule has 2 N–H and O–H groups in total. The van der Waals surface area contributed by atoms with Crippen molar-refractivity contribution in [2.24, 2.45) is 15.5 Å². The molecule has 1 heterocycles. The molecule has 0 aromatic heterocycles. The highest BCUT2D eigenvalue weighted by molar-refractivity contribution is 6.00. The largest absolute Gasteiger partial charge is 0.223 e. The van der Waals surface area contributed by atoms with E-state index in [9.17, 15) is 0 Å². The minimum atomic E-state index is 0.876. The van der Waals surface area contributed by atoms with Gasteiger partial charge in [-0.25, -0.2) is 11.0 Å². The molecule has 1 aliphatic carbocycles. The standard InChI is InChI=1S/C13H21N5/c1-2-4-6-9-12(8-5-3-1)13-10-7-11-14-16-18-17-15-13/h3,5,8H,1-2,4,6-7,9-11H2,(H,14,18)(H,16,17)/b5-3?,12-8?,15-13-. The Kier molecular flexibility index (Phi) is 5.59. The molecule has 5 heteroatoms. The van der Waals surface area contributed by atoms with Crippen LogP contribution in [-0.2, 0) is 0 Å². The monoisotopic (exact) mass is 247 g/mol. The van der Waals surface area contributed by atoms with Gasteiger partial charge in [0.25, 0.3) is 0 Å². The fraction of sp³-hybridized carbons (Fsp3) is 0.615. The van der Waals surface area contributed by atoms with Gasteiger partial charge in [0.2, 0.25) is 0 Å². The number of allylic oxidation sites excluding steroid dienone is 4. The van der Waals surface area contributed by atoms with Crippen LogP contribution in [0.3, 0.4) is 0 Å². The Morgan fingerprint density at radius 3 is 3.06 bits per heavy atom. The Bertz CT molecular complexity index is 332. The highest BCUT2D eigenvalue weighted by Crippen LogP contribution is 2.17. The summed E-state index contributed by atoms with van der Waals surface area (Å²) >= 11 is 0. The van der Waals surface area contributed by atoms with Gasteiger partial charge in [0.05, 0.1) is 5.71 Å². The van der Waals surface area contributed by atoms with Crippen LogP contribution >= 0.6 is 0 Å². The lowest BCUT2D eigenvalue weighted by atomic mass is 9.99. The van der Waals surface area contributed by atoms with Crippen molar-refractivity contribution in [2.75, 3.05) is 6.54 Å². The van der Waals surface area contributed by atoms with Crippen LogP contribution in [0.15, 0.2) is 39.3 Å². The van der Waals surface area contributed by atoms with Crippen molar-refractivity contribution in [2.45, 2.75) is 44.9 Å². The lowest BCUT2D eigenvalue weighted by Crippen LogP contribution is -2.27. The maximum Gasteiger partial charge on any atom is 0.0681 e. The molecule has 0 atom stereocenters. The third-order valence-electron chi connectivity index (χ3n) is 3.18. The van der Waals surface area contributed by atoms with Crippen LogP contribution in [-0.4, -0.2) is 12.3 Å². The molecule has 0 amide bonds. The molecule has 98 valence electrons. The summed E-state index contributed by atoms with van der Waals surface area (Å²) in [6.45, 7) is 0.876. The fourth-order valence-corrected chi connectivity index (χ4v) is 2.17. The van der Waals surface area contributed by atoms with Crippen molar-refractivity contribution in [1.29, 1.82) is 0 Å². The first kappa shape index (κ1) is 13.0. The Labute approximate surface area is 108 Å². The second-order valence-electron chi connectivity index (χ2n) is 4.60. The average molecular weight is 247 g/mol. The van der Waals surface area contributed by atoms with Crippen molar-refractivity contribution in [1.82, 2.24) is 11.0 Å². The van der Waals surface area contributed by atoms with Crippen LogP contribution in [0.1, 0.15) is 44.9 Å². The van der Waals surface area contributed by atoms with Gasteiger partial charge in [-0.3, -0.25) is 0 Å². The number of rotatable bonds is 1.